The topological polar surface area (TPSA) is 54.8 Å². The lowest BCUT2D eigenvalue weighted by atomic mass is 10.0. The quantitative estimate of drug-likeness (QED) is 0.596. The number of rotatable bonds is 6. The van der Waals surface area contributed by atoms with Gasteiger partial charge < -0.3 is 9.80 Å². The SMILES string of the molecule is O=C(CCC(=O)N1CCN(c2cc[nH+]cc2)CC1)c1ccc(-c2ccccc2)cc1. The molecule has 5 heteroatoms. The van der Waals surface area contributed by atoms with Crippen LogP contribution in [0.3, 0.4) is 0 Å². The zero-order valence-electron chi connectivity index (χ0n) is 17.0. The summed E-state index contributed by atoms with van der Waals surface area (Å²) >= 11 is 0. The molecule has 1 N–H and O–H groups in total. The van der Waals surface area contributed by atoms with Crippen molar-refractivity contribution in [2.24, 2.45) is 0 Å². The first kappa shape index (κ1) is 19.8. The molecule has 1 aliphatic heterocycles. The summed E-state index contributed by atoms with van der Waals surface area (Å²) in [4.78, 5) is 32.3. The van der Waals surface area contributed by atoms with Crippen LogP contribution in [0.25, 0.3) is 11.1 Å². The number of aromatic amines is 1. The predicted octanol–water partition coefficient (Wildman–Crippen LogP) is 3.48. The number of nitrogens with one attached hydrogen (secondary N) is 1. The van der Waals surface area contributed by atoms with Gasteiger partial charge in [-0.05, 0) is 11.1 Å². The van der Waals surface area contributed by atoms with Gasteiger partial charge in [0.1, 0.15) is 0 Å². The van der Waals surface area contributed by atoms with Gasteiger partial charge in [0.05, 0.1) is 0 Å². The van der Waals surface area contributed by atoms with E-state index in [1.807, 2.05) is 84.0 Å². The Morgan fingerprint density at radius 2 is 1.37 bits per heavy atom. The van der Waals surface area contributed by atoms with Crippen molar-refractivity contribution in [3.05, 3.63) is 84.7 Å². The first-order valence-corrected chi connectivity index (χ1v) is 10.4. The number of carbonyl (C=O) groups excluding carboxylic acids is 2. The lowest BCUT2D eigenvalue weighted by Crippen LogP contribution is -2.48. The molecule has 0 radical (unpaired) electrons. The number of pyridine rings is 1. The number of carbonyl (C=O) groups is 2. The minimum absolute atomic E-state index is 0.0159. The molecule has 2 heterocycles. The van der Waals surface area contributed by atoms with Crippen molar-refractivity contribution >= 4 is 17.4 Å². The Morgan fingerprint density at radius 3 is 2.03 bits per heavy atom. The zero-order chi connectivity index (χ0) is 20.8. The number of aromatic nitrogens is 1. The maximum absolute atomic E-state index is 12.6. The second kappa shape index (κ2) is 9.35. The van der Waals surface area contributed by atoms with E-state index >= 15 is 0 Å². The number of nitrogens with zero attached hydrogens (tertiary/aromatic N) is 2. The van der Waals surface area contributed by atoms with Crippen molar-refractivity contribution in [3.8, 4) is 11.1 Å². The highest BCUT2D eigenvalue weighted by molar-refractivity contribution is 5.98. The minimum Gasteiger partial charge on any atom is -0.368 e. The molecular formula is C25H26N3O2+. The molecule has 4 rings (SSSR count). The van der Waals surface area contributed by atoms with E-state index in [1.54, 1.807) is 0 Å². The predicted molar refractivity (Wildman–Crippen MR) is 117 cm³/mol. The van der Waals surface area contributed by atoms with Crippen LogP contribution >= 0.6 is 0 Å². The van der Waals surface area contributed by atoms with Crippen LogP contribution in [0, 0.1) is 0 Å². The van der Waals surface area contributed by atoms with E-state index in [0.717, 1.165) is 29.9 Å². The van der Waals surface area contributed by atoms with Crippen LogP contribution in [0.5, 0.6) is 0 Å². The summed E-state index contributed by atoms with van der Waals surface area (Å²) in [5.41, 5.74) is 4.03. The average Bonchev–Trinajstić information content (AvgIpc) is 2.83. The van der Waals surface area contributed by atoms with Crippen LogP contribution < -0.4 is 9.88 Å². The lowest BCUT2D eigenvalue weighted by Gasteiger charge is -2.35. The molecule has 0 atom stereocenters. The van der Waals surface area contributed by atoms with Gasteiger partial charge >= 0.3 is 0 Å². The molecule has 0 unspecified atom stereocenters. The number of amides is 1. The van der Waals surface area contributed by atoms with Gasteiger partial charge in [-0.25, -0.2) is 4.98 Å². The monoisotopic (exact) mass is 400 g/mol. The second-order valence-electron chi connectivity index (χ2n) is 7.49. The smallest absolute Gasteiger partial charge is 0.223 e. The molecule has 5 nitrogen and oxygen atoms in total. The average molecular weight is 401 g/mol. The summed E-state index contributed by atoms with van der Waals surface area (Å²) in [6, 6.07) is 21.8. The zero-order valence-corrected chi connectivity index (χ0v) is 17.0. The number of benzene rings is 2. The molecule has 1 aliphatic rings. The fraction of sp³-hybridized carbons (Fsp3) is 0.240. The summed E-state index contributed by atoms with van der Waals surface area (Å²) in [6.45, 7) is 3.00. The largest absolute Gasteiger partial charge is 0.368 e. The third-order valence-electron chi connectivity index (χ3n) is 5.58. The molecule has 1 aromatic heterocycles. The maximum Gasteiger partial charge on any atom is 0.223 e. The fourth-order valence-electron chi connectivity index (χ4n) is 3.81. The van der Waals surface area contributed by atoms with E-state index in [-0.39, 0.29) is 24.5 Å². The number of anilines is 1. The highest BCUT2D eigenvalue weighted by Crippen LogP contribution is 2.20. The Morgan fingerprint density at radius 1 is 0.733 bits per heavy atom. The second-order valence-corrected chi connectivity index (χ2v) is 7.49. The Bertz CT molecular complexity index is 980. The summed E-state index contributed by atoms with van der Waals surface area (Å²) < 4.78 is 0. The number of hydrogen-bond donors (Lipinski definition) is 0. The number of hydrogen-bond acceptors (Lipinski definition) is 3. The normalized spacial score (nSPS) is 13.9. The Kier molecular flexibility index (Phi) is 6.18. The van der Waals surface area contributed by atoms with Crippen LogP contribution in [0.15, 0.2) is 79.1 Å². The summed E-state index contributed by atoms with van der Waals surface area (Å²) in [6.07, 6.45) is 4.33. The van der Waals surface area contributed by atoms with Crippen molar-refractivity contribution in [2.75, 3.05) is 31.1 Å². The fourth-order valence-corrected chi connectivity index (χ4v) is 3.81. The molecule has 0 bridgehead atoms. The van der Waals surface area contributed by atoms with Crippen molar-refractivity contribution in [1.82, 2.24) is 4.90 Å². The van der Waals surface area contributed by atoms with Crippen LogP contribution in [0.4, 0.5) is 5.69 Å². The molecule has 1 saturated heterocycles. The molecule has 0 aliphatic carbocycles. The number of Topliss-reactive ketones (excluding diaryl/α,β-unsaturated/α-hetero) is 1. The summed E-state index contributed by atoms with van der Waals surface area (Å²) in [7, 11) is 0. The summed E-state index contributed by atoms with van der Waals surface area (Å²) in [5, 5.41) is 0. The molecule has 152 valence electrons. The van der Waals surface area contributed by atoms with Crippen molar-refractivity contribution in [1.29, 1.82) is 0 Å². The van der Waals surface area contributed by atoms with Gasteiger partial charge in [-0.2, -0.15) is 0 Å². The molecule has 1 amide bonds. The van der Waals surface area contributed by atoms with Gasteiger partial charge in [0, 0.05) is 62.4 Å². The van der Waals surface area contributed by atoms with Gasteiger partial charge in [0.2, 0.25) is 5.91 Å². The molecule has 30 heavy (non-hydrogen) atoms. The third-order valence-corrected chi connectivity index (χ3v) is 5.58. The summed E-state index contributed by atoms with van der Waals surface area (Å²) in [5.74, 6) is 0.0763. The van der Waals surface area contributed by atoms with Gasteiger partial charge in [-0.15, -0.1) is 0 Å². The number of piperazine rings is 1. The first-order valence-electron chi connectivity index (χ1n) is 10.4. The third kappa shape index (κ3) is 4.74. The molecule has 2 aromatic carbocycles. The van der Waals surface area contributed by atoms with Gasteiger partial charge in [-0.1, -0.05) is 54.6 Å². The molecular weight excluding hydrogens is 374 g/mol. The maximum atomic E-state index is 12.6. The van der Waals surface area contributed by atoms with Gasteiger partial charge in [-0.3, -0.25) is 9.59 Å². The Labute approximate surface area is 177 Å². The van der Waals surface area contributed by atoms with Crippen LogP contribution in [0.1, 0.15) is 23.2 Å². The van der Waals surface area contributed by atoms with Crippen molar-refractivity contribution in [3.63, 3.8) is 0 Å². The molecule has 0 saturated carbocycles. The van der Waals surface area contributed by atoms with Crippen LogP contribution in [-0.2, 0) is 4.79 Å². The van der Waals surface area contributed by atoms with Gasteiger partial charge in [0.25, 0.3) is 0 Å². The van der Waals surface area contributed by atoms with Crippen molar-refractivity contribution in [2.45, 2.75) is 12.8 Å². The van der Waals surface area contributed by atoms with E-state index in [9.17, 15) is 9.59 Å². The highest BCUT2D eigenvalue weighted by Gasteiger charge is 2.22. The molecule has 1 fully saturated rings. The van der Waals surface area contributed by atoms with Crippen LogP contribution in [-0.4, -0.2) is 42.8 Å². The van der Waals surface area contributed by atoms with E-state index in [0.29, 0.717) is 18.7 Å². The van der Waals surface area contributed by atoms with Crippen molar-refractivity contribution < 1.29 is 14.6 Å². The number of ketones is 1. The Balaban J connectivity index is 1.26. The molecule has 3 aromatic rings. The molecule has 0 spiro atoms. The van der Waals surface area contributed by atoms with Crippen LogP contribution in [0.2, 0.25) is 0 Å². The van der Waals surface area contributed by atoms with E-state index < -0.39 is 0 Å². The highest BCUT2D eigenvalue weighted by atomic mass is 16.2. The standard InChI is InChI=1S/C25H25N3O2/c29-24(22-8-6-21(7-9-22)20-4-2-1-3-5-20)10-11-25(30)28-18-16-27(17-19-28)23-12-14-26-15-13-23/h1-9,12-15H,10-11,16-19H2/p+1. The number of H-pyrrole nitrogens is 1. The Hall–Kier alpha value is -3.47. The van der Waals surface area contributed by atoms with E-state index in [1.165, 1.54) is 0 Å². The van der Waals surface area contributed by atoms with E-state index in [4.69, 9.17) is 0 Å². The first-order chi connectivity index (χ1) is 14.7. The van der Waals surface area contributed by atoms with Gasteiger partial charge in [0.15, 0.2) is 18.2 Å². The minimum atomic E-state index is 0.0159. The lowest BCUT2D eigenvalue weighted by molar-refractivity contribution is -0.377. The van der Waals surface area contributed by atoms with E-state index in [2.05, 4.69) is 9.88 Å².